The molecule has 214 valence electrons. The Morgan fingerprint density at radius 3 is 2.10 bits per heavy atom. The van der Waals surface area contributed by atoms with Crippen LogP contribution < -0.4 is 25.6 Å². The van der Waals surface area contributed by atoms with E-state index in [9.17, 15) is 27.6 Å². The predicted octanol–water partition coefficient (Wildman–Crippen LogP) is 0.953. The van der Waals surface area contributed by atoms with Gasteiger partial charge in [-0.05, 0) is 45.2 Å². The Morgan fingerprint density at radius 2 is 1.49 bits per heavy atom. The lowest BCUT2D eigenvalue weighted by molar-refractivity contribution is -0.141. The number of hydrogen-bond donors (Lipinski definition) is 5. The number of rotatable bonds is 14. The molecule has 12 nitrogen and oxygen atoms in total. The summed E-state index contributed by atoms with van der Waals surface area (Å²) in [4.78, 5) is 49.4. The highest BCUT2D eigenvalue weighted by Crippen LogP contribution is 2.30. The normalized spacial score (nSPS) is 13.7. The highest BCUT2D eigenvalue weighted by atomic mass is 32.2. The first-order valence-corrected chi connectivity index (χ1v) is 14.0. The molecule has 0 saturated carbocycles. The van der Waals surface area contributed by atoms with Gasteiger partial charge in [-0.25, -0.2) is 13.1 Å². The summed E-state index contributed by atoms with van der Waals surface area (Å²) in [5.74, 6) is -2.95. The number of carbonyl (C=O) groups excluding carboxylic acids is 3. The average Bonchev–Trinajstić information content (AvgIpc) is 2.86. The first kappa shape index (κ1) is 31.5. The molecule has 0 spiro atoms. The quantitative estimate of drug-likeness (QED) is 0.211. The van der Waals surface area contributed by atoms with E-state index in [4.69, 9.17) is 5.11 Å². The number of carboxylic acid groups (broad SMARTS) is 1. The Morgan fingerprint density at radius 1 is 0.872 bits per heavy atom. The maximum absolute atomic E-state index is 13.1. The van der Waals surface area contributed by atoms with Crippen molar-refractivity contribution in [3.05, 3.63) is 36.4 Å². The number of unbranched alkanes of at least 4 members (excludes halogenated alkanes) is 1. The molecule has 3 amide bonds. The van der Waals surface area contributed by atoms with Gasteiger partial charge in [0, 0.05) is 44.0 Å². The van der Waals surface area contributed by atoms with Crippen molar-refractivity contribution in [3.8, 4) is 0 Å². The molecular weight excluding hydrogens is 526 g/mol. The van der Waals surface area contributed by atoms with E-state index in [0.29, 0.717) is 18.2 Å². The summed E-state index contributed by atoms with van der Waals surface area (Å²) in [6.45, 7) is 4.07. The highest BCUT2D eigenvalue weighted by Gasteiger charge is 2.25. The molecule has 3 atom stereocenters. The Kier molecular flexibility index (Phi) is 11.2. The van der Waals surface area contributed by atoms with Gasteiger partial charge < -0.3 is 26.0 Å². The molecule has 0 aliphatic carbocycles. The van der Waals surface area contributed by atoms with Crippen molar-refractivity contribution in [2.24, 2.45) is 0 Å². The van der Waals surface area contributed by atoms with E-state index in [1.54, 1.807) is 24.3 Å². The molecule has 0 radical (unpaired) electrons. The van der Waals surface area contributed by atoms with E-state index in [1.807, 2.05) is 31.1 Å². The largest absolute Gasteiger partial charge is 0.480 e. The number of nitrogens with one attached hydrogen (secondary N) is 4. The van der Waals surface area contributed by atoms with Gasteiger partial charge in [-0.15, -0.1) is 0 Å². The zero-order chi connectivity index (χ0) is 29.3. The SMILES string of the molecule is CC(=O)N[C@@H](CCCCNS(=O)(=O)c1cccc2c(N(C)C)cccc12)C(=O)N[C@H](C)C(=O)N[C@H](C)C(=O)O. The summed E-state index contributed by atoms with van der Waals surface area (Å²) in [5.41, 5.74) is 0.898. The van der Waals surface area contributed by atoms with Crippen molar-refractivity contribution < 1.29 is 32.7 Å². The Bertz CT molecular complexity index is 1310. The third-order valence-corrected chi connectivity index (χ3v) is 7.54. The fourth-order valence-electron chi connectivity index (χ4n) is 3.94. The molecule has 2 aromatic carbocycles. The summed E-state index contributed by atoms with van der Waals surface area (Å²) in [7, 11) is -0.0369. The second kappa shape index (κ2) is 13.9. The second-order valence-corrected chi connectivity index (χ2v) is 11.2. The van der Waals surface area contributed by atoms with Gasteiger partial charge in [-0.1, -0.05) is 24.3 Å². The van der Waals surface area contributed by atoms with Crippen molar-refractivity contribution in [3.63, 3.8) is 0 Å². The van der Waals surface area contributed by atoms with Gasteiger partial charge in [-0.3, -0.25) is 19.2 Å². The number of carbonyl (C=O) groups is 4. The lowest BCUT2D eigenvalue weighted by Crippen LogP contribution is -2.54. The molecule has 13 heteroatoms. The number of sulfonamides is 1. The Labute approximate surface area is 228 Å². The minimum Gasteiger partial charge on any atom is -0.480 e. The summed E-state index contributed by atoms with van der Waals surface area (Å²) >= 11 is 0. The number of anilines is 1. The van der Waals surface area contributed by atoms with Crippen molar-refractivity contribution >= 4 is 50.2 Å². The van der Waals surface area contributed by atoms with Crippen molar-refractivity contribution in [2.75, 3.05) is 25.5 Å². The number of carboxylic acids is 1. The topological polar surface area (TPSA) is 174 Å². The zero-order valence-corrected chi connectivity index (χ0v) is 23.6. The minimum absolute atomic E-state index is 0.117. The standard InChI is InChI=1S/C26H37N5O7S/c1-16(24(33)29-17(2)26(35)36)28-25(34)21(30-18(3)32)12-6-7-15-27-39(37,38)23-14-9-10-19-20(23)11-8-13-22(19)31(4)5/h8-11,13-14,16-17,21,27H,6-7,12,15H2,1-5H3,(H,28,34)(H,29,33)(H,30,32)(H,35,36)/t16-,17-,21+/m1/s1. The number of nitrogens with zero attached hydrogens (tertiary/aromatic N) is 1. The zero-order valence-electron chi connectivity index (χ0n) is 22.8. The van der Waals surface area contributed by atoms with Crippen molar-refractivity contribution in [1.82, 2.24) is 20.7 Å². The van der Waals surface area contributed by atoms with Gasteiger partial charge in [0.05, 0.1) is 4.90 Å². The molecule has 0 heterocycles. The van der Waals surface area contributed by atoms with E-state index < -0.39 is 51.8 Å². The maximum Gasteiger partial charge on any atom is 0.325 e. The third-order valence-electron chi connectivity index (χ3n) is 6.02. The van der Waals surface area contributed by atoms with Crippen LogP contribution in [0.3, 0.4) is 0 Å². The van der Waals surface area contributed by atoms with E-state index in [-0.39, 0.29) is 17.9 Å². The third kappa shape index (κ3) is 8.93. The van der Waals surface area contributed by atoms with Crippen molar-refractivity contribution in [1.29, 1.82) is 0 Å². The first-order valence-electron chi connectivity index (χ1n) is 12.5. The molecular formula is C26H37N5O7S. The second-order valence-electron chi connectivity index (χ2n) is 9.47. The van der Waals surface area contributed by atoms with Gasteiger partial charge in [0.1, 0.15) is 18.1 Å². The average molecular weight is 564 g/mol. The molecule has 0 fully saturated rings. The molecule has 0 unspecified atom stereocenters. The molecule has 0 aliphatic rings. The van der Waals surface area contributed by atoms with Crippen LogP contribution in [-0.4, -0.2) is 76.0 Å². The predicted molar refractivity (Wildman–Crippen MR) is 148 cm³/mol. The Hall–Kier alpha value is -3.71. The van der Waals surface area contributed by atoms with Crippen LogP contribution >= 0.6 is 0 Å². The number of fused-ring (bicyclic) bond motifs is 1. The van der Waals surface area contributed by atoms with E-state index in [0.717, 1.165) is 11.1 Å². The van der Waals surface area contributed by atoms with Gasteiger partial charge >= 0.3 is 5.97 Å². The van der Waals surface area contributed by atoms with Gasteiger partial charge in [0.2, 0.25) is 27.7 Å². The Balaban J connectivity index is 1.97. The summed E-state index contributed by atoms with van der Waals surface area (Å²) in [6, 6.07) is 7.49. The number of aliphatic carboxylic acids is 1. The summed E-state index contributed by atoms with van der Waals surface area (Å²) < 4.78 is 28.7. The summed E-state index contributed by atoms with van der Waals surface area (Å²) in [5, 5.41) is 17.6. The molecule has 39 heavy (non-hydrogen) atoms. The monoisotopic (exact) mass is 563 g/mol. The number of hydrogen-bond acceptors (Lipinski definition) is 7. The molecule has 0 saturated heterocycles. The molecule has 5 N–H and O–H groups in total. The fraction of sp³-hybridized carbons (Fsp3) is 0.462. The van der Waals surface area contributed by atoms with Crippen LogP contribution in [0.1, 0.15) is 40.0 Å². The highest BCUT2D eigenvalue weighted by molar-refractivity contribution is 7.89. The van der Waals surface area contributed by atoms with Crippen LogP contribution in [0.2, 0.25) is 0 Å². The van der Waals surface area contributed by atoms with Crippen LogP contribution in [0.5, 0.6) is 0 Å². The number of benzene rings is 2. The molecule has 2 aromatic rings. The van der Waals surface area contributed by atoms with Crippen LogP contribution in [-0.2, 0) is 29.2 Å². The van der Waals surface area contributed by atoms with Crippen molar-refractivity contribution in [2.45, 2.75) is 63.1 Å². The smallest absolute Gasteiger partial charge is 0.325 e. The first-order chi connectivity index (χ1) is 18.2. The van der Waals surface area contributed by atoms with Gasteiger partial charge in [0.15, 0.2) is 0 Å². The number of amides is 3. The van der Waals surface area contributed by atoms with Gasteiger partial charge in [-0.2, -0.15) is 0 Å². The summed E-state index contributed by atoms with van der Waals surface area (Å²) in [6.07, 6.45) is 0.994. The van der Waals surface area contributed by atoms with E-state index >= 15 is 0 Å². The van der Waals surface area contributed by atoms with Crippen LogP contribution in [0.15, 0.2) is 41.3 Å². The molecule has 2 rings (SSSR count). The van der Waals surface area contributed by atoms with Gasteiger partial charge in [0.25, 0.3) is 0 Å². The van der Waals surface area contributed by atoms with Crippen LogP contribution in [0, 0.1) is 0 Å². The molecule has 0 bridgehead atoms. The molecule has 0 aliphatic heterocycles. The van der Waals surface area contributed by atoms with Crippen LogP contribution in [0.4, 0.5) is 5.69 Å². The van der Waals surface area contributed by atoms with E-state index in [2.05, 4.69) is 20.7 Å². The van der Waals surface area contributed by atoms with E-state index in [1.165, 1.54) is 20.8 Å². The lowest BCUT2D eigenvalue weighted by Gasteiger charge is -2.21. The molecule has 0 aromatic heterocycles. The van der Waals surface area contributed by atoms with Crippen LogP contribution in [0.25, 0.3) is 10.8 Å². The minimum atomic E-state index is -3.81. The maximum atomic E-state index is 13.1. The fourth-order valence-corrected chi connectivity index (χ4v) is 5.23. The lowest BCUT2D eigenvalue weighted by atomic mass is 10.1.